The summed E-state index contributed by atoms with van der Waals surface area (Å²) in [6.07, 6.45) is 0.745. The summed E-state index contributed by atoms with van der Waals surface area (Å²) in [7, 11) is 0. The lowest BCUT2D eigenvalue weighted by Crippen LogP contribution is -2.46. The van der Waals surface area contributed by atoms with E-state index in [1.165, 1.54) is 0 Å². The van der Waals surface area contributed by atoms with E-state index in [0.717, 1.165) is 41.7 Å². The van der Waals surface area contributed by atoms with Crippen LogP contribution in [0.1, 0.15) is 18.4 Å². The minimum Gasteiger partial charge on any atom is -0.507 e. The maximum atomic E-state index is 11.5. The molecule has 33 heavy (non-hydrogen) atoms. The second kappa shape index (κ2) is 8.86. The van der Waals surface area contributed by atoms with Gasteiger partial charge >= 0.3 is 6.09 Å². The molecule has 3 aromatic rings. The van der Waals surface area contributed by atoms with Crippen LogP contribution < -0.4 is 10.2 Å². The number of para-hydroxylation sites is 1. The van der Waals surface area contributed by atoms with E-state index < -0.39 is 6.09 Å². The first kappa shape index (κ1) is 21.5. The van der Waals surface area contributed by atoms with E-state index in [4.69, 9.17) is 14.7 Å². The van der Waals surface area contributed by atoms with Crippen LogP contribution in [0.5, 0.6) is 5.75 Å². The molecule has 0 aliphatic carbocycles. The maximum absolute atomic E-state index is 11.5. The third kappa shape index (κ3) is 4.30. The zero-order valence-corrected chi connectivity index (χ0v) is 18.6. The molecule has 1 amide bonds. The van der Waals surface area contributed by atoms with Crippen molar-refractivity contribution in [2.75, 3.05) is 31.2 Å². The van der Waals surface area contributed by atoms with Crippen LogP contribution in [-0.2, 0) is 4.74 Å². The van der Waals surface area contributed by atoms with Crippen molar-refractivity contribution in [3.05, 3.63) is 48.0 Å². The van der Waals surface area contributed by atoms with Gasteiger partial charge in [-0.05, 0) is 55.5 Å². The van der Waals surface area contributed by atoms with Crippen molar-refractivity contribution in [1.29, 1.82) is 0 Å². The molecule has 0 bridgehead atoms. The zero-order valence-electron chi connectivity index (χ0n) is 18.6. The lowest BCUT2D eigenvalue weighted by molar-refractivity contribution is 0.154. The Balaban J connectivity index is 1.51. The Hall–Kier alpha value is -3.39. The molecule has 2 aliphatic rings. The molecule has 3 heterocycles. The Morgan fingerprint density at radius 1 is 1.18 bits per heavy atom. The van der Waals surface area contributed by atoms with E-state index in [-0.39, 0.29) is 23.6 Å². The SMILES string of the molecule is Cc1ccc2c(N3CCC(C(NC(=O)O)C4CCOC4)C3)nc(-c3ccccc3O)nc2c1. The first-order chi connectivity index (χ1) is 16.0. The standard InChI is InChI=1S/C25H28N4O4/c1-15-6-7-18-20(12-15)26-23(19-4-2-3-5-21(19)30)28-24(18)29-10-8-16(13-29)22(27-25(31)32)17-9-11-33-14-17/h2-7,12,16-17,22,27,30H,8-11,13-14H2,1H3,(H,31,32). The largest absolute Gasteiger partial charge is 0.507 e. The number of aryl methyl sites for hydroxylation is 1. The monoisotopic (exact) mass is 448 g/mol. The predicted octanol–water partition coefficient (Wildman–Crippen LogP) is 3.81. The topological polar surface area (TPSA) is 108 Å². The van der Waals surface area contributed by atoms with Gasteiger partial charge < -0.3 is 25.2 Å². The molecule has 0 radical (unpaired) electrons. The Morgan fingerprint density at radius 2 is 2.03 bits per heavy atom. The van der Waals surface area contributed by atoms with Crippen LogP contribution in [-0.4, -0.2) is 58.6 Å². The summed E-state index contributed by atoms with van der Waals surface area (Å²) < 4.78 is 5.54. The van der Waals surface area contributed by atoms with Crippen molar-refractivity contribution >= 4 is 22.8 Å². The summed E-state index contributed by atoms with van der Waals surface area (Å²) >= 11 is 0. The number of amides is 1. The van der Waals surface area contributed by atoms with Crippen LogP contribution in [0.2, 0.25) is 0 Å². The molecule has 2 saturated heterocycles. The molecular weight excluding hydrogens is 420 g/mol. The smallest absolute Gasteiger partial charge is 0.404 e. The number of benzene rings is 2. The van der Waals surface area contributed by atoms with Gasteiger partial charge in [-0.1, -0.05) is 18.2 Å². The Kier molecular flexibility index (Phi) is 5.76. The third-order valence-corrected chi connectivity index (χ3v) is 6.77. The minimum atomic E-state index is -0.991. The molecule has 3 atom stereocenters. The highest BCUT2D eigenvalue weighted by molar-refractivity contribution is 5.92. The van der Waals surface area contributed by atoms with Gasteiger partial charge in [0.1, 0.15) is 11.6 Å². The normalized spacial score (nSPS) is 21.4. The van der Waals surface area contributed by atoms with Crippen LogP contribution in [0.15, 0.2) is 42.5 Å². The van der Waals surface area contributed by atoms with Gasteiger partial charge in [-0.3, -0.25) is 0 Å². The number of rotatable bonds is 5. The first-order valence-electron chi connectivity index (χ1n) is 11.4. The molecule has 3 N–H and O–H groups in total. The zero-order chi connectivity index (χ0) is 22.9. The van der Waals surface area contributed by atoms with Gasteiger partial charge in [0, 0.05) is 37.0 Å². The second-order valence-electron chi connectivity index (χ2n) is 9.00. The van der Waals surface area contributed by atoms with Crippen molar-refractivity contribution in [1.82, 2.24) is 15.3 Å². The van der Waals surface area contributed by atoms with Crippen molar-refractivity contribution in [3.8, 4) is 17.1 Å². The number of carbonyl (C=O) groups is 1. The summed E-state index contributed by atoms with van der Waals surface area (Å²) in [6.45, 7) is 4.77. The Morgan fingerprint density at radius 3 is 2.79 bits per heavy atom. The number of aromatic nitrogens is 2. The fourth-order valence-corrected chi connectivity index (χ4v) is 5.12. The first-order valence-corrected chi connectivity index (χ1v) is 11.4. The summed E-state index contributed by atoms with van der Waals surface area (Å²) in [5, 5.41) is 23.6. The quantitative estimate of drug-likeness (QED) is 0.545. The van der Waals surface area contributed by atoms with Gasteiger partial charge in [-0.2, -0.15) is 0 Å². The molecule has 1 aromatic heterocycles. The number of hydrogen-bond acceptors (Lipinski definition) is 6. The molecular formula is C25H28N4O4. The number of aromatic hydroxyl groups is 1. The van der Waals surface area contributed by atoms with Gasteiger partial charge in [0.25, 0.3) is 0 Å². The highest BCUT2D eigenvalue weighted by Gasteiger charge is 2.38. The summed E-state index contributed by atoms with van der Waals surface area (Å²) in [6, 6.07) is 13.1. The minimum absolute atomic E-state index is 0.140. The molecule has 0 spiro atoms. The van der Waals surface area contributed by atoms with Crippen LogP contribution in [0, 0.1) is 18.8 Å². The summed E-state index contributed by atoms with van der Waals surface area (Å²) in [5.41, 5.74) is 2.51. The van der Waals surface area contributed by atoms with Crippen LogP contribution in [0.4, 0.5) is 10.6 Å². The van der Waals surface area contributed by atoms with Gasteiger partial charge in [-0.15, -0.1) is 0 Å². The third-order valence-electron chi connectivity index (χ3n) is 6.77. The molecule has 2 fully saturated rings. The van der Waals surface area contributed by atoms with E-state index >= 15 is 0 Å². The van der Waals surface area contributed by atoms with Crippen LogP contribution in [0.3, 0.4) is 0 Å². The molecule has 2 aromatic carbocycles. The average molecular weight is 449 g/mol. The summed E-state index contributed by atoms with van der Waals surface area (Å²) in [5.74, 6) is 1.79. The fourth-order valence-electron chi connectivity index (χ4n) is 5.12. The highest BCUT2D eigenvalue weighted by Crippen LogP contribution is 2.36. The maximum Gasteiger partial charge on any atom is 0.404 e. The number of nitrogens with zero attached hydrogens (tertiary/aromatic N) is 3. The van der Waals surface area contributed by atoms with E-state index in [1.54, 1.807) is 12.1 Å². The number of phenols is 1. The number of hydrogen-bond donors (Lipinski definition) is 3. The van der Waals surface area contributed by atoms with Crippen LogP contribution in [0.25, 0.3) is 22.3 Å². The van der Waals surface area contributed by atoms with Gasteiger partial charge in [-0.25, -0.2) is 14.8 Å². The number of nitrogens with one attached hydrogen (secondary N) is 1. The highest BCUT2D eigenvalue weighted by atomic mass is 16.5. The molecule has 0 saturated carbocycles. The van der Waals surface area contributed by atoms with E-state index in [0.29, 0.717) is 31.1 Å². The van der Waals surface area contributed by atoms with Crippen molar-refractivity contribution in [2.45, 2.75) is 25.8 Å². The molecule has 8 heteroatoms. The van der Waals surface area contributed by atoms with Gasteiger partial charge in [0.2, 0.25) is 0 Å². The Labute approximate surface area is 192 Å². The number of ether oxygens (including phenoxy) is 1. The molecule has 2 aliphatic heterocycles. The molecule has 8 nitrogen and oxygen atoms in total. The summed E-state index contributed by atoms with van der Waals surface area (Å²) in [4.78, 5) is 23.4. The number of carboxylic acid groups (broad SMARTS) is 1. The average Bonchev–Trinajstić information content (AvgIpc) is 3.49. The molecule has 172 valence electrons. The lowest BCUT2D eigenvalue weighted by atomic mass is 9.87. The second-order valence-corrected chi connectivity index (χ2v) is 9.00. The van der Waals surface area contributed by atoms with E-state index in [2.05, 4.69) is 10.2 Å². The van der Waals surface area contributed by atoms with E-state index in [9.17, 15) is 15.0 Å². The predicted molar refractivity (Wildman–Crippen MR) is 126 cm³/mol. The van der Waals surface area contributed by atoms with E-state index in [1.807, 2.05) is 37.3 Å². The lowest BCUT2D eigenvalue weighted by Gasteiger charge is -2.28. The number of phenolic OH excluding ortho intramolecular Hbond substituents is 1. The van der Waals surface area contributed by atoms with Crippen molar-refractivity contribution < 1.29 is 19.7 Å². The molecule has 5 rings (SSSR count). The number of fused-ring (bicyclic) bond motifs is 1. The fraction of sp³-hybridized carbons (Fsp3) is 0.400. The van der Waals surface area contributed by atoms with Gasteiger partial charge in [0.05, 0.1) is 17.7 Å². The van der Waals surface area contributed by atoms with Gasteiger partial charge in [0.15, 0.2) is 5.82 Å². The van der Waals surface area contributed by atoms with Crippen molar-refractivity contribution in [3.63, 3.8) is 0 Å². The molecule has 3 unspecified atom stereocenters. The van der Waals surface area contributed by atoms with Crippen LogP contribution >= 0.6 is 0 Å². The van der Waals surface area contributed by atoms with Crippen molar-refractivity contribution in [2.24, 2.45) is 11.8 Å². The Bertz CT molecular complexity index is 1180. The number of anilines is 1.